The van der Waals surface area contributed by atoms with Crippen molar-refractivity contribution in [1.82, 2.24) is 14.6 Å². The Morgan fingerprint density at radius 3 is 2.66 bits per heavy atom. The van der Waals surface area contributed by atoms with Gasteiger partial charge in [-0.2, -0.15) is 5.10 Å². The number of aromatic nitrogens is 3. The lowest BCUT2D eigenvalue weighted by Gasteiger charge is -2.08. The zero-order chi connectivity index (χ0) is 21.9. The molecule has 0 saturated carbocycles. The van der Waals surface area contributed by atoms with E-state index in [9.17, 15) is 4.79 Å². The third-order valence-electron chi connectivity index (χ3n) is 5.10. The number of hydrogen-bond donors (Lipinski definition) is 1. The van der Waals surface area contributed by atoms with Gasteiger partial charge in [-0.1, -0.05) is 48.2 Å². The maximum atomic E-state index is 12.5. The Morgan fingerprint density at radius 1 is 1.00 bits per heavy atom. The van der Waals surface area contributed by atoms with Crippen molar-refractivity contribution in [2.24, 2.45) is 0 Å². The van der Waals surface area contributed by atoms with Gasteiger partial charge in [0.25, 0.3) is 0 Å². The number of thioether (sulfide) groups is 1. The number of benzene rings is 3. The SMILES string of the molecule is COc1ccc(-c2cn3nc(SCC(=O)Nc4cccc5ccccc45)ccc3n2)cc1. The van der Waals surface area contributed by atoms with E-state index in [2.05, 4.69) is 15.4 Å². The van der Waals surface area contributed by atoms with Crippen LogP contribution in [0.1, 0.15) is 0 Å². The largest absolute Gasteiger partial charge is 0.497 e. The van der Waals surface area contributed by atoms with Crippen molar-refractivity contribution in [3.8, 4) is 17.0 Å². The summed E-state index contributed by atoms with van der Waals surface area (Å²) in [5.41, 5.74) is 3.38. The molecule has 32 heavy (non-hydrogen) atoms. The molecule has 2 aromatic heterocycles. The first-order valence-electron chi connectivity index (χ1n) is 10.1. The predicted molar refractivity (Wildman–Crippen MR) is 128 cm³/mol. The molecule has 5 rings (SSSR count). The monoisotopic (exact) mass is 440 g/mol. The molecule has 0 saturated heterocycles. The quantitative estimate of drug-likeness (QED) is 0.364. The molecule has 0 atom stereocenters. The van der Waals surface area contributed by atoms with Gasteiger partial charge in [0.15, 0.2) is 5.65 Å². The number of hydrogen-bond acceptors (Lipinski definition) is 5. The number of ether oxygens (including phenoxy) is 1. The van der Waals surface area contributed by atoms with Gasteiger partial charge in [-0.15, -0.1) is 0 Å². The Bertz CT molecular complexity index is 1410. The first kappa shape index (κ1) is 20.1. The summed E-state index contributed by atoms with van der Waals surface area (Å²) in [6.45, 7) is 0. The Morgan fingerprint density at radius 2 is 1.81 bits per heavy atom. The molecule has 0 unspecified atom stereocenters. The van der Waals surface area contributed by atoms with Gasteiger partial charge in [0.1, 0.15) is 10.8 Å². The van der Waals surface area contributed by atoms with E-state index in [1.165, 1.54) is 11.8 Å². The highest BCUT2D eigenvalue weighted by Crippen LogP contribution is 2.25. The second kappa shape index (κ2) is 8.72. The molecule has 5 aromatic rings. The van der Waals surface area contributed by atoms with Gasteiger partial charge in [0.05, 0.1) is 24.8 Å². The summed E-state index contributed by atoms with van der Waals surface area (Å²) in [7, 11) is 1.64. The Kier molecular flexibility index (Phi) is 5.47. The molecule has 0 aliphatic heterocycles. The van der Waals surface area contributed by atoms with Crippen molar-refractivity contribution >= 4 is 39.8 Å². The van der Waals surface area contributed by atoms with Gasteiger partial charge < -0.3 is 10.1 Å². The zero-order valence-electron chi connectivity index (χ0n) is 17.4. The van der Waals surface area contributed by atoms with Crippen LogP contribution in [0.15, 0.2) is 90.1 Å². The minimum absolute atomic E-state index is 0.0715. The summed E-state index contributed by atoms with van der Waals surface area (Å²) in [6, 6.07) is 25.4. The van der Waals surface area contributed by atoms with Crippen molar-refractivity contribution in [1.29, 1.82) is 0 Å². The van der Waals surface area contributed by atoms with Gasteiger partial charge >= 0.3 is 0 Å². The molecular weight excluding hydrogens is 420 g/mol. The number of nitrogens with zero attached hydrogens (tertiary/aromatic N) is 3. The molecule has 0 spiro atoms. The number of amides is 1. The van der Waals surface area contributed by atoms with Crippen LogP contribution in [0.25, 0.3) is 27.7 Å². The summed E-state index contributed by atoms with van der Waals surface area (Å²) in [6.07, 6.45) is 1.89. The third-order valence-corrected chi connectivity index (χ3v) is 6.02. The number of carbonyl (C=O) groups is 1. The van der Waals surface area contributed by atoms with E-state index in [-0.39, 0.29) is 11.7 Å². The second-order valence-corrected chi connectivity index (χ2v) is 8.19. The minimum Gasteiger partial charge on any atom is -0.497 e. The van der Waals surface area contributed by atoms with Crippen LogP contribution in [0.5, 0.6) is 5.75 Å². The van der Waals surface area contributed by atoms with Crippen LogP contribution in [0, 0.1) is 0 Å². The molecule has 158 valence electrons. The molecule has 0 aliphatic carbocycles. The topological polar surface area (TPSA) is 68.5 Å². The maximum Gasteiger partial charge on any atom is 0.234 e. The van der Waals surface area contributed by atoms with Crippen LogP contribution in [0.2, 0.25) is 0 Å². The van der Waals surface area contributed by atoms with E-state index in [1.807, 2.05) is 85.1 Å². The van der Waals surface area contributed by atoms with E-state index in [4.69, 9.17) is 4.74 Å². The van der Waals surface area contributed by atoms with Crippen LogP contribution in [-0.2, 0) is 4.79 Å². The van der Waals surface area contributed by atoms with Crippen LogP contribution in [-0.4, -0.2) is 33.4 Å². The zero-order valence-corrected chi connectivity index (χ0v) is 18.2. The number of carbonyl (C=O) groups excluding carboxylic acids is 1. The van der Waals surface area contributed by atoms with E-state index in [1.54, 1.807) is 11.6 Å². The molecule has 0 bridgehead atoms. The standard InChI is InChI=1S/C25H20N4O2S/c1-31-19-11-9-18(10-12-19)22-15-29-23(26-22)13-14-25(28-29)32-16-24(30)27-21-8-4-6-17-5-2-3-7-20(17)21/h2-15H,16H2,1H3,(H,27,30). The first-order valence-corrected chi connectivity index (χ1v) is 11.1. The van der Waals surface area contributed by atoms with Crippen LogP contribution < -0.4 is 10.1 Å². The third kappa shape index (κ3) is 4.15. The van der Waals surface area contributed by atoms with E-state index >= 15 is 0 Å². The Labute approximate surface area is 189 Å². The lowest BCUT2D eigenvalue weighted by molar-refractivity contribution is -0.113. The Balaban J connectivity index is 1.28. The number of imidazole rings is 1. The summed E-state index contributed by atoms with van der Waals surface area (Å²) in [5.74, 6) is 0.996. The molecule has 0 radical (unpaired) electrons. The molecule has 6 nitrogen and oxygen atoms in total. The fourth-order valence-electron chi connectivity index (χ4n) is 3.50. The average Bonchev–Trinajstić information content (AvgIpc) is 3.26. The molecule has 0 aliphatic rings. The van der Waals surface area contributed by atoms with E-state index in [0.29, 0.717) is 0 Å². The summed E-state index contributed by atoms with van der Waals surface area (Å²) in [4.78, 5) is 17.2. The lowest BCUT2D eigenvalue weighted by atomic mass is 10.1. The number of rotatable bonds is 6. The van der Waals surface area contributed by atoms with E-state index in [0.717, 1.165) is 44.1 Å². The minimum atomic E-state index is -0.0715. The van der Waals surface area contributed by atoms with Crippen LogP contribution >= 0.6 is 11.8 Å². The molecule has 1 N–H and O–H groups in total. The van der Waals surface area contributed by atoms with Gasteiger partial charge in [-0.05, 0) is 47.9 Å². The average molecular weight is 441 g/mol. The molecule has 0 fully saturated rings. The van der Waals surface area contributed by atoms with Crippen molar-refractivity contribution in [2.75, 3.05) is 18.2 Å². The number of fused-ring (bicyclic) bond motifs is 2. The maximum absolute atomic E-state index is 12.5. The van der Waals surface area contributed by atoms with Crippen LogP contribution in [0.3, 0.4) is 0 Å². The number of methoxy groups -OCH3 is 1. The van der Waals surface area contributed by atoms with Crippen molar-refractivity contribution in [2.45, 2.75) is 5.03 Å². The first-order chi connectivity index (χ1) is 15.7. The molecule has 3 aromatic carbocycles. The fraction of sp³-hybridized carbons (Fsp3) is 0.0800. The van der Waals surface area contributed by atoms with Gasteiger partial charge in [-0.25, -0.2) is 9.50 Å². The lowest BCUT2D eigenvalue weighted by Crippen LogP contribution is -2.14. The number of anilines is 1. The van der Waals surface area contributed by atoms with Gasteiger partial charge in [0.2, 0.25) is 5.91 Å². The Hall–Kier alpha value is -3.84. The summed E-state index contributed by atoms with van der Waals surface area (Å²) in [5, 5.41) is 10.5. The molecule has 1 amide bonds. The normalized spacial score (nSPS) is 11.0. The summed E-state index contributed by atoms with van der Waals surface area (Å²) < 4.78 is 6.95. The summed E-state index contributed by atoms with van der Waals surface area (Å²) >= 11 is 1.39. The second-order valence-electron chi connectivity index (χ2n) is 7.19. The smallest absolute Gasteiger partial charge is 0.234 e. The van der Waals surface area contributed by atoms with Crippen molar-refractivity contribution in [3.63, 3.8) is 0 Å². The highest BCUT2D eigenvalue weighted by atomic mass is 32.2. The fourth-order valence-corrected chi connectivity index (χ4v) is 4.16. The molecule has 7 heteroatoms. The van der Waals surface area contributed by atoms with Crippen LogP contribution in [0.4, 0.5) is 5.69 Å². The highest BCUT2D eigenvalue weighted by molar-refractivity contribution is 7.99. The predicted octanol–water partition coefficient (Wildman–Crippen LogP) is 5.29. The highest BCUT2D eigenvalue weighted by Gasteiger charge is 2.10. The number of nitrogens with one attached hydrogen (secondary N) is 1. The van der Waals surface area contributed by atoms with Gasteiger partial charge in [0, 0.05) is 16.6 Å². The van der Waals surface area contributed by atoms with Gasteiger partial charge in [-0.3, -0.25) is 4.79 Å². The van der Waals surface area contributed by atoms with Crippen molar-refractivity contribution in [3.05, 3.63) is 85.1 Å². The van der Waals surface area contributed by atoms with Crippen molar-refractivity contribution < 1.29 is 9.53 Å². The van der Waals surface area contributed by atoms with E-state index < -0.39 is 0 Å². The molecular formula is C25H20N4O2S. The molecule has 2 heterocycles.